The number of nitrogens with one attached hydrogen (secondary N) is 1. The lowest BCUT2D eigenvalue weighted by Gasteiger charge is -2.27. The molecular formula is C22H27N3O3. The van der Waals surface area contributed by atoms with Crippen LogP contribution in [0.2, 0.25) is 0 Å². The SMILES string of the molecule is CCOC(=O)c1cccc(C)c1NC(=O)CN1CCCN1Cc1ccccc1. The summed E-state index contributed by atoms with van der Waals surface area (Å²) in [4.78, 5) is 24.9. The lowest BCUT2D eigenvalue weighted by atomic mass is 10.1. The van der Waals surface area contributed by atoms with Crippen LogP contribution < -0.4 is 5.32 Å². The highest BCUT2D eigenvalue weighted by molar-refractivity contribution is 6.02. The van der Waals surface area contributed by atoms with E-state index < -0.39 is 5.97 Å². The molecule has 148 valence electrons. The monoisotopic (exact) mass is 381 g/mol. The average Bonchev–Trinajstić information content (AvgIpc) is 3.11. The van der Waals surface area contributed by atoms with Crippen LogP contribution in [0.25, 0.3) is 0 Å². The fraction of sp³-hybridized carbons (Fsp3) is 0.364. The van der Waals surface area contributed by atoms with Crippen molar-refractivity contribution in [2.75, 3.05) is 31.6 Å². The molecule has 0 spiro atoms. The zero-order valence-electron chi connectivity index (χ0n) is 16.5. The van der Waals surface area contributed by atoms with Gasteiger partial charge in [0.2, 0.25) is 5.91 Å². The Morgan fingerprint density at radius 3 is 2.54 bits per heavy atom. The summed E-state index contributed by atoms with van der Waals surface area (Å²) < 4.78 is 5.11. The number of hydrogen-bond acceptors (Lipinski definition) is 5. The van der Waals surface area contributed by atoms with E-state index in [-0.39, 0.29) is 12.5 Å². The molecule has 1 saturated heterocycles. The first-order chi connectivity index (χ1) is 13.6. The number of hydrogen-bond donors (Lipinski definition) is 1. The molecule has 1 aliphatic heterocycles. The van der Waals surface area contributed by atoms with Crippen LogP contribution in [0.1, 0.15) is 34.8 Å². The minimum Gasteiger partial charge on any atom is -0.462 e. The standard InChI is InChI=1S/C22H27N3O3/c1-3-28-22(27)19-12-7-9-17(2)21(19)23-20(26)16-25-14-8-13-24(25)15-18-10-5-4-6-11-18/h4-7,9-12H,3,8,13-16H2,1-2H3,(H,23,26). The second-order valence-corrected chi connectivity index (χ2v) is 6.88. The zero-order chi connectivity index (χ0) is 19.9. The molecule has 1 amide bonds. The van der Waals surface area contributed by atoms with Crippen LogP contribution in [0, 0.1) is 6.92 Å². The zero-order valence-corrected chi connectivity index (χ0v) is 16.5. The molecule has 2 aromatic rings. The van der Waals surface area contributed by atoms with Crippen molar-refractivity contribution >= 4 is 17.6 Å². The molecule has 0 unspecified atom stereocenters. The number of esters is 1. The third-order valence-electron chi connectivity index (χ3n) is 4.80. The maximum Gasteiger partial charge on any atom is 0.340 e. The maximum atomic E-state index is 12.7. The molecule has 0 saturated carbocycles. The number of anilines is 1. The van der Waals surface area contributed by atoms with Crippen LogP contribution in [0.4, 0.5) is 5.69 Å². The Bertz CT molecular complexity index is 823. The number of nitrogens with zero attached hydrogens (tertiary/aromatic N) is 2. The third kappa shape index (κ3) is 4.97. The van der Waals surface area contributed by atoms with Gasteiger partial charge in [0.05, 0.1) is 24.4 Å². The van der Waals surface area contributed by atoms with E-state index in [4.69, 9.17) is 4.74 Å². The van der Waals surface area contributed by atoms with E-state index in [1.165, 1.54) is 5.56 Å². The number of carbonyl (C=O) groups excluding carboxylic acids is 2. The van der Waals surface area contributed by atoms with Gasteiger partial charge in [0.25, 0.3) is 0 Å². The fourth-order valence-electron chi connectivity index (χ4n) is 3.43. The van der Waals surface area contributed by atoms with Gasteiger partial charge in [-0.1, -0.05) is 42.5 Å². The van der Waals surface area contributed by atoms with E-state index in [0.717, 1.165) is 31.6 Å². The molecule has 0 aliphatic carbocycles. The highest BCUT2D eigenvalue weighted by Crippen LogP contribution is 2.22. The Kier molecular flexibility index (Phi) is 6.79. The van der Waals surface area contributed by atoms with E-state index in [1.54, 1.807) is 19.1 Å². The molecule has 28 heavy (non-hydrogen) atoms. The molecule has 6 heteroatoms. The number of aryl methyl sites for hydroxylation is 1. The molecule has 1 aliphatic rings. The number of rotatable bonds is 7. The Labute approximate surface area is 166 Å². The average molecular weight is 381 g/mol. The Morgan fingerprint density at radius 2 is 1.79 bits per heavy atom. The lowest BCUT2D eigenvalue weighted by Crippen LogP contribution is -2.41. The molecular weight excluding hydrogens is 354 g/mol. The highest BCUT2D eigenvalue weighted by Gasteiger charge is 2.25. The smallest absolute Gasteiger partial charge is 0.340 e. The number of benzene rings is 2. The molecule has 3 rings (SSSR count). The van der Waals surface area contributed by atoms with Crippen molar-refractivity contribution in [2.45, 2.75) is 26.8 Å². The van der Waals surface area contributed by atoms with Gasteiger partial charge in [0.15, 0.2) is 0 Å². The second-order valence-electron chi connectivity index (χ2n) is 6.88. The molecule has 1 N–H and O–H groups in total. The van der Waals surface area contributed by atoms with Crippen molar-refractivity contribution in [3.63, 3.8) is 0 Å². The minimum atomic E-state index is -0.423. The van der Waals surface area contributed by atoms with Gasteiger partial charge in [0, 0.05) is 19.6 Å². The first-order valence-electron chi connectivity index (χ1n) is 9.68. The summed E-state index contributed by atoms with van der Waals surface area (Å²) >= 11 is 0. The summed E-state index contributed by atoms with van der Waals surface area (Å²) in [5.74, 6) is -0.562. The van der Waals surface area contributed by atoms with E-state index in [0.29, 0.717) is 17.9 Å². The van der Waals surface area contributed by atoms with Gasteiger partial charge in [-0.15, -0.1) is 0 Å². The first-order valence-corrected chi connectivity index (χ1v) is 9.68. The highest BCUT2D eigenvalue weighted by atomic mass is 16.5. The van der Waals surface area contributed by atoms with Gasteiger partial charge in [-0.25, -0.2) is 14.8 Å². The summed E-state index contributed by atoms with van der Waals surface area (Å²) in [6.07, 6.45) is 1.03. The van der Waals surface area contributed by atoms with Crippen molar-refractivity contribution in [1.29, 1.82) is 0 Å². The molecule has 0 aromatic heterocycles. The Balaban J connectivity index is 1.66. The van der Waals surface area contributed by atoms with Gasteiger partial charge in [-0.05, 0) is 37.5 Å². The van der Waals surface area contributed by atoms with Gasteiger partial charge in [-0.3, -0.25) is 4.79 Å². The van der Waals surface area contributed by atoms with Gasteiger partial charge >= 0.3 is 5.97 Å². The third-order valence-corrected chi connectivity index (χ3v) is 4.80. The Morgan fingerprint density at radius 1 is 1.04 bits per heavy atom. The van der Waals surface area contributed by atoms with Crippen LogP contribution in [0.15, 0.2) is 48.5 Å². The van der Waals surface area contributed by atoms with Crippen molar-refractivity contribution in [1.82, 2.24) is 10.0 Å². The fourth-order valence-corrected chi connectivity index (χ4v) is 3.43. The molecule has 2 aromatic carbocycles. The molecule has 1 heterocycles. The van der Waals surface area contributed by atoms with Crippen LogP contribution in [-0.2, 0) is 16.1 Å². The maximum absolute atomic E-state index is 12.7. The lowest BCUT2D eigenvalue weighted by molar-refractivity contribution is -0.121. The number of carbonyl (C=O) groups is 2. The molecule has 1 fully saturated rings. The normalized spacial score (nSPS) is 14.8. The van der Waals surface area contributed by atoms with E-state index in [2.05, 4.69) is 27.5 Å². The van der Waals surface area contributed by atoms with Crippen molar-refractivity contribution in [2.24, 2.45) is 0 Å². The topological polar surface area (TPSA) is 61.9 Å². The predicted molar refractivity (Wildman–Crippen MR) is 109 cm³/mol. The van der Waals surface area contributed by atoms with Crippen molar-refractivity contribution in [3.05, 3.63) is 65.2 Å². The van der Waals surface area contributed by atoms with Crippen LogP contribution in [0.3, 0.4) is 0 Å². The van der Waals surface area contributed by atoms with Crippen LogP contribution >= 0.6 is 0 Å². The summed E-state index contributed by atoms with van der Waals surface area (Å²) in [6, 6.07) is 15.6. The second kappa shape index (κ2) is 9.48. The molecule has 0 radical (unpaired) electrons. The number of hydrazine groups is 1. The first kappa shape index (κ1) is 20.0. The van der Waals surface area contributed by atoms with Crippen LogP contribution in [-0.4, -0.2) is 48.1 Å². The van der Waals surface area contributed by atoms with Crippen molar-refractivity contribution in [3.8, 4) is 0 Å². The molecule has 6 nitrogen and oxygen atoms in total. The number of ether oxygens (including phenoxy) is 1. The largest absolute Gasteiger partial charge is 0.462 e. The molecule has 0 bridgehead atoms. The summed E-state index contributed by atoms with van der Waals surface area (Å²) in [6.45, 7) is 6.74. The van der Waals surface area contributed by atoms with Gasteiger partial charge < -0.3 is 10.1 Å². The predicted octanol–water partition coefficient (Wildman–Crippen LogP) is 3.23. The summed E-state index contributed by atoms with van der Waals surface area (Å²) in [5.41, 5.74) is 2.97. The van der Waals surface area contributed by atoms with E-state index in [1.807, 2.05) is 31.2 Å². The number of para-hydroxylation sites is 1. The number of amides is 1. The van der Waals surface area contributed by atoms with Crippen LogP contribution in [0.5, 0.6) is 0 Å². The quantitative estimate of drug-likeness (QED) is 0.746. The van der Waals surface area contributed by atoms with E-state index in [9.17, 15) is 9.59 Å². The Hall–Kier alpha value is -2.70. The molecule has 0 atom stereocenters. The summed E-state index contributed by atoms with van der Waals surface area (Å²) in [7, 11) is 0. The van der Waals surface area contributed by atoms with Gasteiger partial charge in [-0.2, -0.15) is 0 Å². The summed E-state index contributed by atoms with van der Waals surface area (Å²) in [5, 5.41) is 7.20. The van der Waals surface area contributed by atoms with E-state index >= 15 is 0 Å². The van der Waals surface area contributed by atoms with Gasteiger partial charge in [0.1, 0.15) is 0 Å². The minimum absolute atomic E-state index is 0.139. The van der Waals surface area contributed by atoms with Crippen molar-refractivity contribution < 1.29 is 14.3 Å².